The highest BCUT2D eigenvalue weighted by atomic mass is 16.6. The van der Waals surface area contributed by atoms with Crippen LogP contribution in [0.15, 0.2) is 24.3 Å². The van der Waals surface area contributed by atoms with E-state index in [1.807, 2.05) is 0 Å². The molecule has 1 aliphatic heterocycles. The fourth-order valence-corrected chi connectivity index (χ4v) is 1.48. The third-order valence-electron chi connectivity index (χ3n) is 2.23. The lowest BCUT2D eigenvalue weighted by atomic mass is 10.1. The second-order valence-corrected chi connectivity index (χ2v) is 3.19. The Kier molecular flexibility index (Phi) is 2.08. The van der Waals surface area contributed by atoms with E-state index in [0.29, 0.717) is 12.2 Å². The molecule has 1 heteroatoms. The SMILES string of the molecule is C1=CCCC2OC2C=CCC1. The van der Waals surface area contributed by atoms with E-state index < -0.39 is 0 Å². The van der Waals surface area contributed by atoms with Crippen molar-refractivity contribution < 1.29 is 4.74 Å². The Balaban J connectivity index is 1.90. The van der Waals surface area contributed by atoms with Crippen molar-refractivity contribution in [2.45, 2.75) is 37.9 Å². The van der Waals surface area contributed by atoms with Gasteiger partial charge in [-0.1, -0.05) is 24.3 Å². The average molecular weight is 150 g/mol. The van der Waals surface area contributed by atoms with Crippen LogP contribution in [0.2, 0.25) is 0 Å². The van der Waals surface area contributed by atoms with Crippen molar-refractivity contribution in [3.05, 3.63) is 24.3 Å². The summed E-state index contributed by atoms with van der Waals surface area (Å²) in [7, 11) is 0. The van der Waals surface area contributed by atoms with E-state index in [4.69, 9.17) is 4.74 Å². The molecule has 0 aromatic carbocycles. The summed E-state index contributed by atoms with van der Waals surface area (Å²) in [5.74, 6) is 0. The molecule has 2 unspecified atom stereocenters. The number of hydrogen-bond acceptors (Lipinski definition) is 1. The molecule has 1 saturated heterocycles. The predicted molar refractivity (Wildman–Crippen MR) is 45.4 cm³/mol. The smallest absolute Gasteiger partial charge is 0.102 e. The zero-order valence-corrected chi connectivity index (χ0v) is 6.70. The van der Waals surface area contributed by atoms with Gasteiger partial charge in [-0.15, -0.1) is 0 Å². The molecule has 1 heterocycles. The van der Waals surface area contributed by atoms with E-state index in [9.17, 15) is 0 Å². The van der Waals surface area contributed by atoms with Crippen molar-refractivity contribution in [1.82, 2.24) is 0 Å². The number of rotatable bonds is 0. The highest BCUT2D eigenvalue weighted by molar-refractivity contribution is 5.04. The lowest BCUT2D eigenvalue weighted by Crippen LogP contribution is -1.90. The molecule has 0 aromatic heterocycles. The van der Waals surface area contributed by atoms with Gasteiger partial charge in [0, 0.05) is 0 Å². The van der Waals surface area contributed by atoms with E-state index in [1.165, 1.54) is 25.7 Å². The summed E-state index contributed by atoms with van der Waals surface area (Å²) in [5, 5.41) is 0. The quantitative estimate of drug-likeness (QED) is 0.381. The molecule has 0 saturated carbocycles. The molecule has 0 amide bonds. The van der Waals surface area contributed by atoms with Crippen molar-refractivity contribution >= 4 is 0 Å². The molecule has 1 nitrogen and oxygen atoms in total. The zero-order chi connectivity index (χ0) is 7.52. The molecule has 0 bridgehead atoms. The summed E-state index contributed by atoms with van der Waals surface area (Å²) in [5.41, 5.74) is 0. The molecule has 2 atom stereocenters. The Labute approximate surface area is 67.7 Å². The molecule has 0 radical (unpaired) electrons. The largest absolute Gasteiger partial charge is 0.365 e. The molecule has 0 N–H and O–H groups in total. The minimum absolute atomic E-state index is 0.460. The van der Waals surface area contributed by atoms with Crippen LogP contribution < -0.4 is 0 Å². The number of ether oxygens (including phenoxy) is 1. The molecule has 1 aliphatic carbocycles. The molecule has 1 fully saturated rings. The highest BCUT2D eigenvalue weighted by Gasteiger charge is 2.35. The van der Waals surface area contributed by atoms with E-state index in [1.54, 1.807) is 0 Å². The summed E-state index contributed by atoms with van der Waals surface area (Å²) >= 11 is 0. The van der Waals surface area contributed by atoms with Crippen LogP contribution in [0.25, 0.3) is 0 Å². The fraction of sp³-hybridized carbons (Fsp3) is 0.600. The van der Waals surface area contributed by atoms with Gasteiger partial charge in [0.1, 0.15) is 6.10 Å². The van der Waals surface area contributed by atoms with Crippen LogP contribution in [0, 0.1) is 0 Å². The Morgan fingerprint density at radius 1 is 1.00 bits per heavy atom. The van der Waals surface area contributed by atoms with Gasteiger partial charge < -0.3 is 4.74 Å². The molecule has 0 aromatic rings. The monoisotopic (exact) mass is 150 g/mol. The van der Waals surface area contributed by atoms with Crippen LogP contribution in [0.4, 0.5) is 0 Å². The summed E-state index contributed by atoms with van der Waals surface area (Å²) < 4.78 is 5.43. The van der Waals surface area contributed by atoms with Crippen molar-refractivity contribution in [2.24, 2.45) is 0 Å². The van der Waals surface area contributed by atoms with Gasteiger partial charge >= 0.3 is 0 Å². The number of allylic oxidation sites excluding steroid dienone is 3. The first-order valence-corrected chi connectivity index (χ1v) is 4.44. The van der Waals surface area contributed by atoms with Crippen molar-refractivity contribution in [3.8, 4) is 0 Å². The van der Waals surface area contributed by atoms with Gasteiger partial charge in [-0.05, 0) is 25.7 Å². The van der Waals surface area contributed by atoms with Crippen LogP contribution in [0.3, 0.4) is 0 Å². The lowest BCUT2D eigenvalue weighted by Gasteiger charge is -1.92. The standard InChI is InChI=1S/C10H14O/c1-2-4-6-8-10-9(11-10)7-5-3-1/h1,3,6,8-10H,2,4-5,7H2. The van der Waals surface area contributed by atoms with Crippen LogP contribution in [0.5, 0.6) is 0 Å². The van der Waals surface area contributed by atoms with Gasteiger partial charge in [0.05, 0.1) is 6.10 Å². The third kappa shape index (κ3) is 1.93. The van der Waals surface area contributed by atoms with Gasteiger partial charge in [0.15, 0.2) is 0 Å². The van der Waals surface area contributed by atoms with Gasteiger partial charge in [-0.25, -0.2) is 0 Å². The molecule has 2 aliphatic rings. The van der Waals surface area contributed by atoms with E-state index in [2.05, 4.69) is 24.3 Å². The Morgan fingerprint density at radius 3 is 2.82 bits per heavy atom. The second kappa shape index (κ2) is 3.22. The molecule has 11 heavy (non-hydrogen) atoms. The first kappa shape index (κ1) is 7.11. The summed E-state index contributed by atoms with van der Waals surface area (Å²) in [4.78, 5) is 0. The molecular formula is C10H14O. The zero-order valence-electron chi connectivity index (χ0n) is 6.70. The number of hydrogen-bond donors (Lipinski definition) is 0. The summed E-state index contributed by atoms with van der Waals surface area (Å²) in [6.45, 7) is 0. The highest BCUT2D eigenvalue weighted by Crippen LogP contribution is 2.28. The van der Waals surface area contributed by atoms with E-state index >= 15 is 0 Å². The maximum atomic E-state index is 5.43. The molecule has 0 spiro atoms. The van der Waals surface area contributed by atoms with Crippen molar-refractivity contribution in [3.63, 3.8) is 0 Å². The fourth-order valence-electron chi connectivity index (χ4n) is 1.48. The Bertz CT molecular complexity index is 181. The van der Waals surface area contributed by atoms with Crippen molar-refractivity contribution in [2.75, 3.05) is 0 Å². The van der Waals surface area contributed by atoms with Crippen LogP contribution in [0.1, 0.15) is 25.7 Å². The minimum atomic E-state index is 0.460. The van der Waals surface area contributed by atoms with E-state index in [-0.39, 0.29) is 0 Å². The maximum Gasteiger partial charge on any atom is 0.102 e. The average Bonchev–Trinajstić information content (AvgIpc) is 2.76. The van der Waals surface area contributed by atoms with Crippen LogP contribution in [-0.4, -0.2) is 12.2 Å². The first-order valence-electron chi connectivity index (χ1n) is 4.44. The maximum absolute atomic E-state index is 5.43. The van der Waals surface area contributed by atoms with Gasteiger partial charge in [0.25, 0.3) is 0 Å². The third-order valence-corrected chi connectivity index (χ3v) is 2.23. The van der Waals surface area contributed by atoms with Gasteiger partial charge in [-0.2, -0.15) is 0 Å². The Hall–Kier alpha value is -0.560. The van der Waals surface area contributed by atoms with Gasteiger partial charge in [0.2, 0.25) is 0 Å². The molecule has 60 valence electrons. The predicted octanol–water partition coefficient (Wildman–Crippen LogP) is 2.44. The topological polar surface area (TPSA) is 12.5 Å². The normalized spacial score (nSPS) is 36.4. The first-order chi connectivity index (χ1) is 5.47. The number of fused-ring (bicyclic) bond motifs is 1. The molecular weight excluding hydrogens is 136 g/mol. The minimum Gasteiger partial charge on any atom is -0.365 e. The summed E-state index contributed by atoms with van der Waals surface area (Å²) in [6.07, 6.45) is 14.7. The Morgan fingerprint density at radius 2 is 1.82 bits per heavy atom. The lowest BCUT2D eigenvalue weighted by molar-refractivity contribution is 0.380. The molecule has 2 rings (SSSR count). The van der Waals surface area contributed by atoms with Crippen molar-refractivity contribution in [1.29, 1.82) is 0 Å². The summed E-state index contributed by atoms with van der Waals surface area (Å²) in [6, 6.07) is 0. The van der Waals surface area contributed by atoms with Gasteiger partial charge in [-0.3, -0.25) is 0 Å². The second-order valence-electron chi connectivity index (χ2n) is 3.19. The van der Waals surface area contributed by atoms with Crippen LogP contribution >= 0.6 is 0 Å². The number of epoxide rings is 1. The van der Waals surface area contributed by atoms with Crippen LogP contribution in [-0.2, 0) is 4.74 Å². The van der Waals surface area contributed by atoms with E-state index in [0.717, 1.165) is 0 Å².